The molecule has 2 N–H and O–H groups in total. The molecular formula is C16H19N3O. The van der Waals surface area contributed by atoms with Crippen molar-refractivity contribution in [1.82, 2.24) is 10.3 Å². The molecule has 20 heavy (non-hydrogen) atoms. The number of carbonyl (C=O) groups is 1. The van der Waals surface area contributed by atoms with E-state index in [1.807, 2.05) is 37.3 Å². The SMILES string of the molecule is CCNc1nc(C(=O)NC2CCC2)cc2ccccc12. The van der Waals surface area contributed by atoms with Crippen molar-refractivity contribution in [3.63, 3.8) is 0 Å². The molecule has 0 radical (unpaired) electrons. The first-order chi connectivity index (χ1) is 9.78. The van der Waals surface area contributed by atoms with Crippen LogP contribution in [0, 0.1) is 0 Å². The third-order valence-corrected chi connectivity index (χ3v) is 3.76. The highest BCUT2D eigenvalue weighted by molar-refractivity contribution is 6.00. The standard InChI is InChI=1S/C16H19N3O/c1-2-17-15-13-9-4-3-6-11(13)10-14(19-15)16(20)18-12-7-5-8-12/h3-4,6,9-10,12H,2,5,7-8H2,1H3,(H,17,19)(H,18,20). The number of nitrogens with one attached hydrogen (secondary N) is 2. The van der Waals surface area contributed by atoms with Crippen LogP contribution in [0.25, 0.3) is 10.8 Å². The Morgan fingerprint density at radius 3 is 2.85 bits per heavy atom. The fraction of sp³-hybridized carbons (Fsp3) is 0.375. The summed E-state index contributed by atoms with van der Waals surface area (Å²) in [6.45, 7) is 2.81. The maximum absolute atomic E-state index is 12.2. The summed E-state index contributed by atoms with van der Waals surface area (Å²) >= 11 is 0. The maximum Gasteiger partial charge on any atom is 0.270 e. The first-order valence-corrected chi connectivity index (χ1v) is 7.22. The van der Waals surface area contributed by atoms with E-state index >= 15 is 0 Å². The minimum atomic E-state index is -0.0698. The third-order valence-electron chi connectivity index (χ3n) is 3.76. The van der Waals surface area contributed by atoms with Crippen LogP contribution in [0.2, 0.25) is 0 Å². The number of hydrogen-bond donors (Lipinski definition) is 2. The van der Waals surface area contributed by atoms with Crippen molar-refractivity contribution in [1.29, 1.82) is 0 Å². The van der Waals surface area contributed by atoms with E-state index in [1.165, 1.54) is 6.42 Å². The van der Waals surface area contributed by atoms with Crippen molar-refractivity contribution in [3.8, 4) is 0 Å². The minimum absolute atomic E-state index is 0.0698. The van der Waals surface area contributed by atoms with Gasteiger partial charge in [-0.05, 0) is 37.6 Å². The molecule has 1 heterocycles. The molecule has 3 rings (SSSR count). The molecule has 1 aliphatic carbocycles. The molecule has 2 aromatic rings. The van der Waals surface area contributed by atoms with E-state index < -0.39 is 0 Å². The number of rotatable bonds is 4. The van der Waals surface area contributed by atoms with Gasteiger partial charge in [0.25, 0.3) is 5.91 Å². The van der Waals surface area contributed by atoms with Gasteiger partial charge in [0, 0.05) is 18.0 Å². The predicted molar refractivity (Wildman–Crippen MR) is 81.0 cm³/mol. The number of carbonyl (C=O) groups excluding carboxylic acids is 1. The monoisotopic (exact) mass is 269 g/mol. The molecule has 1 aromatic carbocycles. The molecule has 104 valence electrons. The van der Waals surface area contributed by atoms with E-state index in [2.05, 4.69) is 15.6 Å². The predicted octanol–water partition coefficient (Wildman–Crippen LogP) is 2.95. The lowest BCUT2D eigenvalue weighted by Gasteiger charge is -2.26. The summed E-state index contributed by atoms with van der Waals surface area (Å²) in [5.41, 5.74) is 0.492. The highest BCUT2D eigenvalue weighted by Gasteiger charge is 2.21. The Labute approximate surface area is 118 Å². The smallest absolute Gasteiger partial charge is 0.270 e. The topological polar surface area (TPSA) is 54.0 Å². The van der Waals surface area contributed by atoms with Gasteiger partial charge in [-0.2, -0.15) is 0 Å². The van der Waals surface area contributed by atoms with Gasteiger partial charge in [0.2, 0.25) is 0 Å². The molecule has 0 atom stereocenters. The minimum Gasteiger partial charge on any atom is -0.370 e. The van der Waals surface area contributed by atoms with E-state index in [1.54, 1.807) is 0 Å². The van der Waals surface area contributed by atoms with Crippen molar-refractivity contribution in [2.45, 2.75) is 32.2 Å². The summed E-state index contributed by atoms with van der Waals surface area (Å²) in [4.78, 5) is 16.7. The zero-order valence-corrected chi connectivity index (χ0v) is 11.6. The van der Waals surface area contributed by atoms with Crippen LogP contribution in [0.3, 0.4) is 0 Å². The Hall–Kier alpha value is -2.10. The zero-order valence-electron chi connectivity index (χ0n) is 11.6. The molecule has 0 spiro atoms. The molecule has 4 heteroatoms. The van der Waals surface area contributed by atoms with E-state index in [0.717, 1.165) is 36.0 Å². The van der Waals surface area contributed by atoms with E-state index in [9.17, 15) is 4.79 Å². The fourth-order valence-electron chi connectivity index (χ4n) is 2.43. The Kier molecular flexibility index (Phi) is 3.54. The normalized spacial score (nSPS) is 14.8. The number of amides is 1. The number of pyridine rings is 1. The summed E-state index contributed by atoms with van der Waals surface area (Å²) in [5.74, 6) is 0.712. The average molecular weight is 269 g/mol. The largest absolute Gasteiger partial charge is 0.370 e. The molecule has 0 unspecified atom stereocenters. The summed E-state index contributed by atoms with van der Waals surface area (Å²) in [5, 5.41) is 8.36. The molecule has 4 nitrogen and oxygen atoms in total. The molecule has 0 aliphatic heterocycles. The van der Waals surface area contributed by atoms with Crippen molar-refractivity contribution in [2.75, 3.05) is 11.9 Å². The van der Waals surface area contributed by atoms with E-state index in [0.29, 0.717) is 11.7 Å². The lowest BCUT2D eigenvalue weighted by Crippen LogP contribution is -2.39. The molecular weight excluding hydrogens is 250 g/mol. The van der Waals surface area contributed by atoms with Gasteiger partial charge in [-0.25, -0.2) is 4.98 Å². The first-order valence-electron chi connectivity index (χ1n) is 7.22. The van der Waals surface area contributed by atoms with Crippen LogP contribution in [0.1, 0.15) is 36.7 Å². The quantitative estimate of drug-likeness (QED) is 0.897. The van der Waals surface area contributed by atoms with E-state index in [-0.39, 0.29) is 5.91 Å². The Bertz CT molecular complexity index is 635. The fourth-order valence-corrected chi connectivity index (χ4v) is 2.43. The van der Waals surface area contributed by atoms with Crippen LogP contribution in [0.4, 0.5) is 5.82 Å². The molecule has 0 bridgehead atoms. The van der Waals surface area contributed by atoms with Crippen molar-refractivity contribution in [2.24, 2.45) is 0 Å². The van der Waals surface area contributed by atoms with Gasteiger partial charge in [-0.15, -0.1) is 0 Å². The summed E-state index contributed by atoms with van der Waals surface area (Å²) in [6.07, 6.45) is 3.37. The number of nitrogens with zero attached hydrogens (tertiary/aromatic N) is 1. The number of anilines is 1. The Morgan fingerprint density at radius 1 is 1.35 bits per heavy atom. The molecule has 1 aromatic heterocycles. The summed E-state index contributed by atoms with van der Waals surface area (Å²) in [6, 6.07) is 10.2. The van der Waals surface area contributed by atoms with Crippen LogP contribution in [-0.4, -0.2) is 23.5 Å². The van der Waals surface area contributed by atoms with Crippen LogP contribution >= 0.6 is 0 Å². The van der Waals surface area contributed by atoms with Crippen LogP contribution in [0.5, 0.6) is 0 Å². The van der Waals surface area contributed by atoms with Gasteiger partial charge in [0.05, 0.1) is 0 Å². The zero-order chi connectivity index (χ0) is 13.9. The molecule has 1 fully saturated rings. The Balaban J connectivity index is 1.95. The second-order valence-corrected chi connectivity index (χ2v) is 5.21. The number of fused-ring (bicyclic) bond motifs is 1. The highest BCUT2D eigenvalue weighted by atomic mass is 16.1. The lowest BCUT2D eigenvalue weighted by molar-refractivity contribution is 0.0912. The molecule has 1 amide bonds. The Morgan fingerprint density at radius 2 is 2.15 bits per heavy atom. The lowest BCUT2D eigenvalue weighted by atomic mass is 9.93. The van der Waals surface area contributed by atoms with Crippen LogP contribution < -0.4 is 10.6 Å². The number of aromatic nitrogens is 1. The van der Waals surface area contributed by atoms with Gasteiger partial charge in [-0.3, -0.25) is 4.79 Å². The van der Waals surface area contributed by atoms with Crippen LogP contribution in [-0.2, 0) is 0 Å². The summed E-state index contributed by atoms with van der Waals surface area (Å²) in [7, 11) is 0. The second-order valence-electron chi connectivity index (χ2n) is 5.21. The van der Waals surface area contributed by atoms with Gasteiger partial charge in [0.1, 0.15) is 11.5 Å². The summed E-state index contributed by atoms with van der Waals surface area (Å²) < 4.78 is 0. The van der Waals surface area contributed by atoms with E-state index in [4.69, 9.17) is 0 Å². The molecule has 1 saturated carbocycles. The highest BCUT2D eigenvalue weighted by Crippen LogP contribution is 2.23. The number of benzene rings is 1. The molecule has 0 saturated heterocycles. The van der Waals surface area contributed by atoms with Crippen molar-refractivity contribution >= 4 is 22.5 Å². The average Bonchev–Trinajstić information content (AvgIpc) is 2.43. The third kappa shape index (κ3) is 2.46. The maximum atomic E-state index is 12.2. The van der Waals surface area contributed by atoms with Gasteiger partial charge in [0.15, 0.2) is 0 Å². The van der Waals surface area contributed by atoms with Gasteiger partial charge in [-0.1, -0.05) is 24.3 Å². The second kappa shape index (κ2) is 5.49. The molecule has 1 aliphatic rings. The van der Waals surface area contributed by atoms with Gasteiger partial charge >= 0.3 is 0 Å². The first kappa shape index (κ1) is 12.9. The van der Waals surface area contributed by atoms with Crippen molar-refractivity contribution in [3.05, 3.63) is 36.0 Å². The van der Waals surface area contributed by atoms with Crippen molar-refractivity contribution < 1.29 is 4.79 Å². The van der Waals surface area contributed by atoms with Crippen LogP contribution in [0.15, 0.2) is 30.3 Å². The number of hydrogen-bond acceptors (Lipinski definition) is 3. The van der Waals surface area contributed by atoms with Gasteiger partial charge < -0.3 is 10.6 Å².